The van der Waals surface area contributed by atoms with Crippen LogP contribution in [-0.2, 0) is 6.54 Å². The Morgan fingerprint density at radius 3 is 2.59 bits per heavy atom. The summed E-state index contributed by atoms with van der Waals surface area (Å²) < 4.78 is 2.17. The van der Waals surface area contributed by atoms with Crippen molar-refractivity contribution in [1.29, 1.82) is 0 Å². The fourth-order valence-corrected chi connectivity index (χ4v) is 4.22. The number of hydrogen-bond donors (Lipinski definition) is 0. The van der Waals surface area contributed by atoms with Crippen molar-refractivity contribution in [1.82, 2.24) is 14.5 Å². The number of benzene rings is 2. The fourth-order valence-electron chi connectivity index (χ4n) is 3.59. The number of amides is 1. The zero-order valence-corrected chi connectivity index (χ0v) is 17.4. The van der Waals surface area contributed by atoms with Crippen molar-refractivity contribution >= 4 is 28.3 Å². The molecular weight excluding hydrogens is 378 g/mol. The Morgan fingerprint density at radius 1 is 1.03 bits per heavy atom. The third kappa shape index (κ3) is 4.25. The van der Waals surface area contributed by atoms with E-state index in [1.807, 2.05) is 58.1 Å². The molecule has 0 bridgehead atoms. The molecule has 4 aromatic rings. The summed E-state index contributed by atoms with van der Waals surface area (Å²) in [6, 6.07) is 20.3. The highest BCUT2D eigenvalue weighted by atomic mass is 32.1. The van der Waals surface area contributed by atoms with Crippen LogP contribution in [0, 0.1) is 0 Å². The first-order valence-corrected chi connectivity index (χ1v) is 11.1. The van der Waals surface area contributed by atoms with E-state index < -0.39 is 0 Å². The van der Waals surface area contributed by atoms with Crippen LogP contribution in [0.5, 0.6) is 0 Å². The van der Waals surface area contributed by atoms with Gasteiger partial charge >= 0.3 is 0 Å². The lowest BCUT2D eigenvalue weighted by Crippen LogP contribution is -2.32. The maximum Gasteiger partial charge on any atom is 0.255 e. The summed E-state index contributed by atoms with van der Waals surface area (Å²) in [7, 11) is 0. The van der Waals surface area contributed by atoms with Gasteiger partial charge in [0.05, 0.1) is 23.1 Å². The number of nitrogens with zero attached hydrogens (tertiary/aromatic N) is 3. The predicted molar refractivity (Wildman–Crippen MR) is 120 cm³/mol. The molecule has 2 aromatic heterocycles. The summed E-state index contributed by atoms with van der Waals surface area (Å²) >= 11 is 1.56. The number of carbonyl (C=O) groups excluding carboxylic acids is 1. The molecule has 2 heterocycles. The second-order valence-electron chi connectivity index (χ2n) is 7.13. The smallest absolute Gasteiger partial charge is 0.255 e. The number of para-hydroxylation sites is 3. The molecule has 0 radical (unpaired) electrons. The SMILES string of the molecule is CCCCCN(Cc1nc2ccccc2n1-c1ccccc1)C(=O)c1ccsc1. The van der Waals surface area contributed by atoms with Gasteiger partial charge in [0, 0.05) is 17.6 Å². The molecule has 29 heavy (non-hydrogen) atoms. The van der Waals surface area contributed by atoms with Crippen molar-refractivity contribution in [2.45, 2.75) is 32.7 Å². The van der Waals surface area contributed by atoms with Crippen molar-refractivity contribution in [3.63, 3.8) is 0 Å². The van der Waals surface area contributed by atoms with Gasteiger partial charge < -0.3 is 4.90 Å². The van der Waals surface area contributed by atoms with Crippen molar-refractivity contribution < 1.29 is 4.79 Å². The summed E-state index contributed by atoms with van der Waals surface area (Å²) in [6.45, 7) is 3.41. The van der Waals surface area contributed by atoms with Crippen LogP contribution < -0.4 is 0 Å². The molecule has 148 valence electrons. The molecule has 0 aliphatic heterocycles. The van der Waals surface area contributed by atoms with Crippen LogP contribution in [0.25, 0.3) is 16.7 Å². The molecule has 0 spiro atoms. The number of hydrogen-bond acceptors (Lipinski definition) is 3. The van der Waals surface area contributed by atoms with E-state index in [0.29, 0.717) is 6.54 Å². The van der Waals surface area contributed by atoms with E-state index in [1.54, 1.807) is 11.3 Å². The minimum Gasteiger partial charge on any atom is -0.331 e. The van der Waals surface area contributed by atoms with E-state index in [0.717, 1.165) is 53.9 Å². The quantitative estimate of drug-likeness (QED) is 0.343. The van der Waals surface area contributed by atoms with Crippen molar-refractivity contribution in [3.05, 3.63) is 82.8 Å². The molecule has 1 amide bonds. The zero-order chi connectivity index (χ0) is 20.1. The van der Waals surface area contributed by atoms with Crippen LogP contribution in [0.1, 0.15) is 42.4 Å². The minimum absolute atomic E-state index is 0.0778. The Morgan fingerprint density at radius 2 is 1.83 bits per heavy atom. The summed E-state index contributed by atoms with van der Waals surface area (Å²) in [5.74, 6) is 0.964. The fraction of sp³-hybridized carbons (Fsp3) is 0.250. The highest BCUT2D eigenvalue weighted by Crippen LogP contribution is 2.23. The lowest BCUT2D eigenvalue weighted by atomic mass is 10.2. The molecule has 0 saturated heterocycles. The van der Waals surface area contributed by atoms with Gasteiger partial charge in [0.25, 0.3) is 5.91 Å². The lowest BCUT2D eigenvalue weighted by molar-refractivity contribution is 0.0735. The van der Waals surface area contributed by atoms with Gasteiger partial charge in [-0.05, 0) is 42.1 Å². The van der Waals surface area contributed by atoms with E-state index in [2.05, 4.69) is 29.7 Å². The maximum absolute atomic E-state index is 13.2. The Kier molecular flexibility index (Phi) is 6.06. The number of fused-ring (bicyclic) bond motifs is 1. The van der Waals surface area contributed by atoms with Gasteiger partial charge in [0.1, 0.15) is 5.82 Å². The topological polar surface area (TPSA) is 38.1 Å². The van der Waals surface area contributed by atoms with Gasteiger partial charge in [-0.15, -0.1) is 0 Å². The number of imidazole rings is 1. The maximum atomic E-state index is 13.2. The number of aromatic nitrogens is 2. The largest absolute Gasteiger partial charge is 0.331 e. The Balaban J connectivity index is 1.72. The van der Waals surface area contributed by atoms with Crippen LogP contribution in [0.3, 0.4) is 0 Å². The third-order valence-corrected chi connectivity index (χ3v) is 5.75. The molecule has 4 rings (SSSR count). The Hall–Kier alpha value is -2.92. The molecule has 0 unspecified atom stereocenters. The average molecular weight is 404 g/mol. The molecule has 4 nitrogen and oxygen atoms in total. The second-order valence-corrected chi connectivity index (χ2v) is 7.91. The van der Waals surface area contributed by atoms with E-state index >= 15 is 0 Å². The normalized spacial score (nSPS) is 11.1. The molecule has 0 atom stereocenters. The summed E-state index contributed by atoms with van der Waals surface area (Å²) in [5.41, 5.74) is 3.83. The standard InChI is InChI=1S/C24H25N3OS/c1-2-3-9-15-26(24(28)19-14-16-29-18-19)17-23-25-21-12-7-8-13-22(21)27(23)20-10-5-4-6-11-20/h4-8,10-14,16,18H,2-3,9,15,17H2,1H3. The highest BCUT2D eigenvalue weighted by Gasteiger charge is 2.20. The van der Waals surface area contributed by atoms with E-state index in [-0.39, 0.29) is 5.91 Å². The van der Waals surface area contributed by atoms with E-state index in [4.69, 9.17) is 4.98 Å². The second kappa shape index (κ2) is 9.05. The zero-order valence-electron chi connectivity index (χ0n) is 16.6. The molecule has 0 fully saturated rings. The Bertz CT molecular complexity index is 1070. The number of carbonyl (C=O) groups is 1. The highest BCUT2D eigenvalue weighted by molar-refractivity contribution is 7.08. The van der Waals surface area contributed by atoms with Crippen molar-refractivity contribution in [2.75, 3.05) is 6.54 Å². The summed E-state index contributed by atoms with van der Waals surface area (Å²) in [6.07, 6.45) is 3.24. The van der Waals surface area contributed by atoms with Crippen LogP contribution in [0.4, 0.5) is 0 Å². The Labute approximate surface area is 175 Å². The van der Waals surface area contributed by atoms with E-state index in [9.17, 15) is 4.79 Å². The molecule has 0 aliphatic rings. The predicted octanol–water partition coefficient (Wildman–Crippen LogP) is 5.92. The number of unbranched alkanes of at least 4 members (excludes halogenated alkanes) is 2. The molecular formula is C24H25N3OS. The van der Waals surface area contributed by atoms with Crippen molar-refractivity contribution in [3.8, 4) is 5.69 Å². The van der Waals surface area contributed by atoms with Gasteiger partial charge in [-0.25, -0.2) is 4.98 Å². The summed E-state index contributed by atoms with van der Waals surface area (Å²) in [5, 5.41) is 3.88. The first-order chi connectivity index (χ1) is 14.3. The van der Waals surface area contributed by atoms with Gasteiger partial charge in [-0.2, -0.15) is 11.3 Å². The summed E-state index contributed by atoms with van der Waals surface area (Å²) in [4.78, 5) is 20.0. The van der Waals surface area contributed by atoms with Crippen LogP contribution in [-0.4, -0.2) is 26.9 Å². The third-order valence-electron chi connectivity index (χ3n) is 5.06. The van der Waals surface area contributed by atoms with Crippen LogP contribution >= 0.6 is 11.3 Å². The molecule has 0 saturated carbocycles. The van der Waals surface area contributed by atoms with Gasteiger partial charge in [0.15, 0.2) is 0 Å². The first kappa shape index (κ1) is 19.4. The van der Waals surface area contributed by atoms with Gasteiger partial charge in [-0.3, -0.25) is 9.36 Å². The lowest BCUT2D eigenvalue weighted by Gasteiger charge is -2.23. The number of thiophene rings is 1. The molecule has 5 heteroatoms. The molecule has 0 N–H and O–H groups in total. The molecule has 0 aliphatic carbocycles. The van der Waals surface area contributed by atoms with Gasteiger partial charge in [-0.1, -0.05) is 50.1 Å². The average Bonchev–Trinajstić information content (AvgIpc) is 3.41. The first-order valence-electron chi connectivity index (χ1n) is 10.1. The minimum atomic E-state index is 0.0778. The van der Waals surface area contributed by atoms with Gasteiger partial charge in [0.2, 0.25) is 0 Å². The van der Waals surface area contributed by atoms with Crippen LogP contribution in [0.15, 0.2) is 71.4 Å². The van der Waals surface area contributed by atoms with Crippen molar-refractivity contribution in [2.24, 2.45) is 0 Å². The number of rotatable bonds is 8. The molecule has 2 aromatic carbocycles. The monoisotopic (exact) mass is 403 g/mol. The van der Waals surface area contributed by atoms with E-state index in [1.165, 1.54) is 0 Å². The van der Waals surface area contributed by atoms with Crippen LogP contribution in [0.2, 0.25) is 0 Å².